The number of rotatable bonds is 9. The summed E-state index contributed by atoms with van der Waals surface area (Å²) in [6, 6.07) is 25.7. The molecule has 0 aliphatic heterocycles. The lowest BCUT2D eigenvalue weighted by molar-refractivity contribution is -0.145. The van der Waals surface area contributed by atoms with Crippen molar-refractivity contribution < 1.29 is 24.2 Å². The first kappa shape index (κ1) is 24.6. The van der Waals surface area contributed by atoms with Crippen LogP contribution in [-0.2, 0) is 20.9 Å². The van der Waals surface area contributed by atoms with Gasteiger partial charge >= 0.3 is 12.1 Å². The summed E-state index contributed by atoms with van der Waals surface area (Å²) < 4.78 is 5.62. The molecule has 0 bridgehead atoms. The molecule has 3 aromatic carbocycles. The fraction of sp³-hybridized carbons (Fsp3) is 0.300. The number of carbonyl (C=O) groups excluding carboxylic acids is 2. The SMILES string of the molecule is O=C(O)CN(Cc1ccccc1)C(=O)CC1CC(NC(=O)OCC2c3ccccc3-c3ccccc32)C1. The Morgan fingerprint density at radius 3 is 2.08 bits per heavy atom. The quantitative estimate of drug-likeness (QED) is 0.442. The van der Waals surface area contributed by atoms with Gasteiger partial charge in [0.2, 0.25) is 5.91 Å². The van der Waals surface area contributed by atoms with Crippen LogP contribution in [0.1, 0.15) is 41.9 Å². The van der Waals surface area contributed by atoms with E-state index in [1.54, 1.807) is 0 Å². The Bertz CT molecular complexity index is 1240. The molecule has 3 aromatic rings. The van der Waals surface area contributed by atoms with E-state index in [-0.39, 0.29) is 49.9 Å². The standard InChI is InChI=1S/C30H30N2O5/c33-28(32(18-29(34)35)17-20-8-2-1-3-9-20)16-21-14-22(15-21)31-30(36)37-19-27-25-12-6-4-10-23(25)24-11-5-7-13-26(24)27/h1-13,21-22,27H,14-19H2,(H,31,36)(H,34,35). The molecule has 190 valence electrons. The van der Waals surface area contributed by atoms with Gasteiger partial charge in [-0.2, -0.15) is 0 Å². The molecular formula is C30H30N2O5. The van der Waals surface area contributed by atoms with Crippen LogP contribution in [0.5, 0.6) is 0 Å². The summed E-state index contributed by atoms with van der Waals surface area (Å²) in [6.07, 6.45) is 1.15. The number of hydrogen-bond acceptors (Lipinski definition) is 4. The van der Waals surface area contributed by atoms with Crippen molar-refractivity contribution in [1.82, 2.24) is 10.2 Å². The molecule has 5 rings (SSSR count). The zero-order chi connectivity index (χ0) is 25.8. The number of nitrogens with one attached hydrogen (secondary N) is 1. The summed E-state index contributed by atoms with van der Waals surface area (Å²) in [5.74, 6) is -1.10. The highest BCUT2D eigenvalue weighted by atomic mass is 16.5. The normalized spacial score (nSPS) is 17.7. The van der Waals surface area contributed by atoms with Gasteiger partial charge in [-0.05, 0) is 46.6 Å². The second-order valence-electron chi connectivity index (χ2n) is 9.84. The topological polar surface area (TPSA) is 95.9 Å². The summed E-state index contributed by atoms with van der Waals surface area (Å²) in [4.78, 5) is 38.0. The Morgan fingerprint density at radius 2 is 1.46 bits per heavy atom. The van der Waals surface area contributed by atoms with Gasteiger partial charge in [-0.3, -0.25) is 9.59 Å². The first-order valence-electron chi connectivity index (χ1n) is 12.6. The third-order valence-corrected chi connectivity index (χ3v) is 7.26. The van der Waals surface area contributed by atoms with Crippen LogP contribution in [-0.4, -0.2) is 47.2 Å². The summed E-state index contributed by atoms with van der Waals surface area (Å²) in [5.41, 5.74) is 5.59. The minimum Gasteiger partial charge on any atom is -0.480 e. The Labute approximate surface area is 216 Å². The van der Waals surface area contributed by atoms with Crippen molar-refractivity contribution in [3.8, 4) is 11.1 Å². The van der Waals surface area contributed by atoms with E-state index in [1.807, 2.05) is 54.6 Å². The van der Waals surface area contributed by atoms with Crippen molar-refractivity contribution in [2.75, 3.05) is 13.2 Å². The zero-order valence-corrected chi connectivity index (χ0v) is 20.5. The maximum absolute atomic E-state index is 12.8. The third kappa shape index (κ3) is 5.66. The number of carbonyl (C=O) groups is 3. The number of carboxylic acids is 1. The van der Waals surface area contributed by atoms with Crippen LogP contribution < -0.4 is 5.32 Å². The molecule has 37 heavy (non-hydrogen) atoms. The number of aliphatic carboxylic acids is 1. The van der Waals surface area contributed by atoms with E-state index in [0.29, 0.717) is 12.8 Å². The fourth-order valence-electron chi connectivity index (χ4n) is 5.40. The molecule has 2 aliphatic rings. The molecule has 0 heterocycles. The van der Waals surface area contributed by atoms with Gasteiger partial charge in [-0.25, -0.2) is 4.79 Å². The number of amides is 2. The summed E-state index contributed by atoms with van der Waals surface area (Å²) in [6.45, 7) is 0.195. The molecule has 7 nitrogen and oxygen atoms in total. The maximum Gasteiger partial charge on any atom is 0.407 e. The molecule has 1 fully saturated rings. The Balaban J connectivity index is 1.09. The van der Waals surface area contributed by atoms with Gasteiger partial charge in [0.1, 0.15) is 13.2 Å². The number of carboxylic acid groups (broad SMARTS) is 1. The molecule has 2 amide bonds. The van der Waals surface area contributed by atoms with Crippen LogP contribution in [0, 0.1) is 5.92 Å². The average molecular weight is 499 g/mol. The van der Waals surface area contributed by atoms with E-state index in [2.05, 4.69) is 29.6 Å². The molecule has 0 radical (unpaired) electrons. The average Bonchev–Trinajstić information content (AvgIpc) is 3.20. The van der Waals surface area contributed by atoms with Crippen LogP contribution >= 0.6 is 0 Å². The van der Waals surface area contributed by atoms with Gasteiger partial charge in [-0.1, -0.05) is 78.9 Å². The molecule has 2 N–H and O–H groups in total. The highest BCUT2D eigenvalue weighted by Gasteiger charge is 2.34. The molecule has 0 saturated heterocycles. The van der Waals surface area contributed by atoms with E-state index in [9.17, 15) is 19.5 Å². The van der Waals surface area contributed by atoms with E-state index in [4.69, 9.17) is 4.74 Å². The lowest BCUT2D eigenvalue weighted by atomic mass is 9.78. The van der Waals surface area contributed by atoms with Gasteiger partial charge in [-0.15, -0.1) is 0 Å². The minimum atomic E-state index is -1.03. The van der Waals surface area contributed by atoms with Gasteiger partial charge in [0.25, 0.3) is 0 Å². The fourth-order valence-corrected chi connectivity index (χ4v) is 5.40. The molecule has 0 spiro atoms. The summed E-state index contributed by atoms with van der Waals surface area (Å²) in [5, 5.41) is 12.2. The molecule has 2 aliphatic carbocycles. The maximum atomic E-state index is 12.8. The molecule has 0 aromatic heterocycles. The monoisotopic (exact) mass is 498 g/mol. The zero-order valence-electron chi connectivity index (χ0n) is 20.5. The lowest BCUT2D eigenvalue weighted by Gasteiger charge is -2.36. The predicted molar refractivity (Wildman–Crippen MR) is 139 cm³/mol. The van der Waals surface area contributed by atoms with Crippen molar-refractivity contribution in [2.24, 2.45) is 5.92 Å². The lowest BCUT2D eigenvalue weighted by Crippen LogP contribution is -2.46. The van der Waals surface area contributed by atoms with Crippen LogP contribution in [0.25, 0.3) is 11.1 Å². The molecular weight excluding hydrogens is 468 g/mol. The van der Waals surface area contributed by atoms with Crippen molar-refractivity contribution in [1.29, 1.82) is 0 Å². The number of ether oxygens (including phenoxy) is 1. The van der Waals surface area contributed by atoms with Crippen LogP contribution in [0.2, 0.25) is 0 Å². The molecule has 7 heteroatoms. The van der Waals surface area contributed by atoms with Crippen LogP contribution in [0.15, 0.2) is 78.9 Å². The largest absolute Gasteiger partial charge is 0.480 e. The van der Waals surface area contributed by atoms with E-state index >= 15 is 0 Å². The molecule has 0 unspecified atom stereocenters. The molecule has 1 saturated carbocycles. The van der Waals surface area contributed by atoms with Crippen LogP contribution in [0.3, 0.4) is 0 Å². The van der Waals surface area contributed by atoms with Crippen molar-refractivity contribution in [2.45, 2.75) is 37.8 Å². The first-order chi connectivity index (χ1) is 18.0. The van der Waals surface area contributed by atoms with E-state index < -0.39 is 12.1 Å². The van der Waals surface area contributed by atoms with E-state index in [1.165, 1.54) is 27.2 Å². The predicted octanol–water partition coefficient (Wildman–Crippen LogP) is 4.81. The van der Waals surface area contributed by atoms with Gasteiger partial charge in [0, 0.05) is 24.9 Å². The Kier molecular flexibility index (Phi) is 7.21. The second kappa shape index (κ2) is 10.9. The highest BCUT2D eigenvalue weighted by Crippen LogP contribution is 2.44. The second-order valence-corrected chi connectivity index (χ2v) is 9.84. The highest BCUT2D eigenvalue weighted by molar-refractivity contribution is 5.82. The minimum absolute atomic E-state index is 0.00902. The van der Waals surface area contributed by atoms with Crippen molar-refractivity contribution >= 4 is 18.0 Å². The van der Waals surface area contributed by atoms with Crippen molar-refractivity contribution in [3.05, 3.63) is 95.6 Å². The number of alkyl carbamates (subject to hydrolysis) is 1. The van der Waals surface area contributed by atoms with Gasteiger partial charge < -0.3 is 20.1 Å². The Hall–Kier alpha value is -4.13. The third-order valence-electron chi connectivity index (χ3n) is 7.26. The summed E-state index contributed by atoms with van der Waals surface area (Å²) in [7, 11) is 0. The number of nitrogens with zero attached hydrogens (tertiary/aromatic N) is 1. The molecule has 0 atom stereocenters. The first-order valence-corrected chi connectivity index (χ1v) is 12.6. The Morgan fingerprint density at radius 1 is 0.865 bits per heavy atom. The van der Waals surface area contributed by atoms with Crippen molar-refractivity contribution in [3.63, 3.8) is 0 Å². The smallest absolute Gasteiger partial charge is 0.407 e. The van der Waals surface area contributed by atoms with E-state index in [0.717, 1.165) is 5.56 Å². The van der Waals surface area contributed by atoms with Gasteiger partial charge in [0.15, 0.2) is 0 Å². The van der Waals surface area contributed by atoms with Crippen LogP contribution in [0.4, 0.5) is 4.79 Å². The number of benzene rings is 3. The summed E-state index contributed by atoms with van der Waals surface area (Å²) >= 11 is 0. The number of fused-ring (bicyclic) bond motifs is 3. The van der Waals surface area contributed by atoms with Gasteiger partial charge in [0.05, 0.1) is 0 Å². The number of hydrogen-bond donors (Lipinski definition) is 2.